The maximum absolute atomic E-state index is 12.5. The number of amides is 1. The molecule has 0 aliphatic carbocycles. The number of hydrogen-bond acceptors (Lipinski definition) is 3. The van der Waals surface area contributed by atoms with E-state index in [1.54, 1.807) is 36.4 Å². The Morgan fingerprint density at radius 2 is 1.96 bits per heavy atom. The van der Waals surface area contributed by atoms with Gasteiger partial charge in [-0.2, -0.15) is 0 Å². The van der Waals surface area contributed by atoms with Crippen LogP contribution in [0.5, 0.6) is 5.75 Å². The predicted molar refractivity (Wildman–Crippen MR) is 95.0 cm³/mol. The summed E-state index contributed by atoms with van der Waals surface area (Å²) in [7, 11) is 0. The number of halogens is 2. The largest absolute Gasteiger partial charge is 0.419 e. The molecule has 2 aromatic rings. The van der Waals surface area contributed by atoms with E-state index in [1.165, 1.54) is 17.2 Å². The summed E-state index contributed by atoms with van der Waals surface area (Å²) in [6, 6.07) is 13.7. The molecule has 122 valence electrons. The summed E-state index contributed by atoms with van der Waals surface area (Å²) in [5.41, 5.74) is 0.761. The highest BCUT2D eigenvalue weighted by Gasteiger charge is 2.30. The van der Waals surface area contributed by atoms with Crippen molar-refractivity contribution in [3.63, 3.8) is 0 Å². The first-order chi connectivity index (χ1) is 11.5. The number of benzene rings is 2. The highest BCUT2D eigenvalue weighted by Crippen LogP contribution is 2.33. The molecule has 1 aliphatic rings. The fourth-order valence-corrected chi connectivity index (χ4v) is 3.39. The Kier molecular flexibility index (Phi) is 5.02. The van der Waals surface area contributed by atoms with Crippen LogP contribution in [0.3, 0.4) is 0 Å². The van der Waals surface area contributed by atoms with Crippen molar-refractivity contribution >= 4 is 39.4 Å². The molecule has 1 aliphatic heterocycles. The van der Waals surface area contributed by atoms with Crippen molar-refractivity contribution in [1.82, 2.24) is 4.90 Å². The van der Waals surface area contributed by atoms with Crippen LogP contribution in [0.15, 0.2) is 65.3 Å². The van der Waals surface area contributed by atoms with Gasteiger partial charge in [0.25, 0.3) is 0 Å². The molecule has 3 rings (SSSR count). The molecule has 4 nitrogen and oxygen atoms in total. The summed E-state index contributed by atoms with van der Waals surface area (Å²) >= 11 is 9.48. The number of para-hydroxylation sites is 1. The van der Waals surface area contributed by atoms with Crippen LogP contribution in [0.2, 0.25) is 5.02 Å². The van der Waals surface area contributed by atoms with Gasteiger partial charge in [0, 0.05) is 22.1 Å². The van der Waals surface area contributed by atoms with Crippen LogP contribution in [0, 0.1) is 0 Å². The number of nitrogens with zero attached hydrogens (tertiary/aromatic N) is 1. The van der Waals surface area contributed by atoms with Gasteiger partial charge in [0.15, 0.2) is 5.78 Å². The molecule has 1 heterocycles. The fraction of sp³-hybridized carbons (Fsp3) is 0.111. The quantitative estimate of drug-likeness (QED) is 0.694. The van der Waals surface area contributed by atoms with Gasteiger partial charge in [-0.3, -0.25) is 9.69 Å². The minimum Gasteiger partial charge on any atom is -0.410 e. The maximum Gasteiger partial charge on any atom is 0.419 e. The second-order valence-electron chi connectivity index (χ2n) is 5.29. The first-order valence-corrected chi connectivity index (χ1v) is 8.42. The third-order valence-corrected chi connectivity index (χ3v) is 4.26. The van der Waals surface area contributed by atoms with E-state index in [1.807, 2.05) is 12.1 Å². The highest BCUT2D eigenvalue weighted by atomic mass is 79.9. The molecule has 0 saturated carbocycles. The van der Waals surface area contributed by atoms with E-state index in [9.17, 15) is 9.59 Å². The summed E-state index contributed by atoms with van der Waals surface area (Å²) in [6.07, 6.45) is 2.46. The number of ether oxygens (including phenoxy) is 1. The molecule has 1 atom stereocenters. The SMILES string of the molecule is O=C1C=CN(C(=O)Oc2ccccc2)C(c2cc(Cl)cc(Br)c2)C1. The Morgan fingerprint density at radius 3 is 2.67 bits per heavy atom. The van der Waals surface area contributed by atoms with Gasteiger partial charge in [-0.05, 0) is 42.0 Å². The average Bonchev–Trinajstić information content (AvgIpc) is 2.54. The molecule has 0 aromatic heterocycles. The smallest absolute Gasteiger partial charge is 0.410 e. The number of carbonyl (C=O) groups excluding carboxylic acids is 2. The summed E-state index contributed by atoms with van der Waals surface area (Å²) in [5, 5.41) is 0.526. The number of rotatable bonds is 2. The number of ketones is 1. The van der Waals surface area contributed by atoms with Crippen molar-refractivity contribution < 1.29 is 14.3 Å². The molecule has 24 heavy (non-hydrogen) atoms. The summed E-state index contributed by atoms with van der Waals surface area (Å²) < 4.78 is 6.16. The standard InChI is InChI=1S/C18H13BrClNO3/c19-13-8-12(9-14(20)10-13)17-11-15(22)6-7-21(17)18(23)24-16-4-2-1-3-5-16/h1-10,17H,11H2. The van der Waals surface area contributed by atoms with E-state index in [-0.39, 0.29) is 12.2 Å². The lowest BCUT2D eigenvalue weighted by atomic mass is 9.98. The van der Waals surface area contributed by atoms with Crippen LogP contribution in [-0.2, 0) is 4.79 Å². The highest BCUT2D eigenvalue weighted by molar-refractivity contribution is 9.10. The zero-order valence-corrected chi connectivity index (χ0v) is 14.8. The van der Waals surface area contributed by atoms with Gasteiger partial charge in [0.2, 0.25) is 0 Å². The molecule has 1 unspecified atom stereocenters. The Hall–Kier alpha value is -2.11. The van der Waals surface area contributed by atoms with Gasteiger partial charge in [0.1, 0.15) is 5.75 Å². The summed E-state index contributed by atoms with van der Waals surface area (Å²) in [5.74, 6) is 0.388. The van der Waals surface area contributed by atoms with Crippen molar-refractivity contribution in [2.45, 2.75) is 12.5 Å². The molecule has 0 spiro atoms. The van der Waals surface area contributed by atoms with Crippen LogP contribution in [0.1, 0.15) is 18.0 Å². The zero-order chi connectivity index (χ0) is 17.1. The zero-order valence-electron chi connectivity index (χ0n) is 12.5. The Labute approximate surface area is 152 Å². The molecular formula is C18H13BrClNO3. The normalized spacial score (nSPS) is 17.0. The van der Waals surface area contributed by atoms with Gasteiger partial charge in [-0.15, -0.1) is 0 Å². The molecule has 0 radical (unpaired) electrons. The van der Waals surface area contributed by atoms with E-state index in [4.69, 9.17) is 16.3 Å². The Bertz CT molecular complexity index is 787. The van der Waals surface area contributed by atoms with E-state index in [0.29, 0.717) is 10.8 Å². The molecule has 6 heteroatoms. The Balaban J connectivity index is 1.90. The molecule has 0 bridgehead atoms. The number of carbonyl (C=O) groups is 2. The van der Waals surface area contributed by atoms with E-state index in [0.717, 1.165) is 10.0 Å². The molecule has 0 saturated heterocycles. The molecule has 1 amide bonds. The first-order valence-electron chi connectivity index (χ1n) is 7.25. The van der Waals surface area contributed by atoms with Gasteiger partial charge >= 0.3 is 6.09 Å². The van der Waals surface area contributed by atoms with Crippen LogP contribution in [0.4, 0.5) is 4.79 Å². The molecule has 0 fully saturated rings. The lowest BCUT2D eigenvalue weighted by Crippen LogP contribution is -2.36. The van der Waals surface area contributed by atoms with E-state index in [2.05, 4.69) is 15.9 Å². The summed E-state index contributed by atoms with van der Waals surface area (Å²) in [4.78, 5) is 25.8. The van der Waals surface area contributed by atoms with Gasteiger partial charge in [0.05, 0.1) is 6.04 Å². The lowest BCUT2D eigenvalue weighted by Gasteiger charge is -2.30. The van der Waals surface area contributed by atoms with Crippen LogP contribution >= 0.6 is 27.5 Å². The van der Waals surface area contributed by atoms with Gasteiger partial charge in [-0.25, -0.2) is 4.79 Å². The molecular weight excluding hydrogens is 394 g/mol. The third-order valence-electron chi connectivity index (χ3n) is 3.58. The van der Waals surface area contributed by atoms with Crippen molar-refractivity contribution in [2.24, 2.45) is 0 Å². The fourth-order valence-electron chi connectivity index (χ4n) is 2.50. The van der Waals surface area contributed by atoms with Crippen molar-refractivity contribution in [1.29, 1.82) is 0 Å². The lowest BCUT2D eigenvalue weighted by molar-refractivity contribution is -0.116. The number of hydrogen-bond donors (Lipinski definition) is 0. The Morgan fingerprint density at radius 1 is 1.21 bits per heavy atom. The maximum atomic E-state index is 12.5. The van der Waals surface area contributed by atoms with Crippen LogP contribution < -0.4 is 4.74 Å². The van der Waals surface area contributed by atoms with E-state index < -0.39 is 12.1 Å². The van der Waals surface area contributed by atoms with Crippen molar-refractivity contribution in [3.8, 4) is 5.75 Å². The third kappa shape index (κ3) is 3.86. The summed E-state index contributed by atoms with van der Waals surface area (Å²) in [6.45, 7) is 0. The van der Waals surface area contributed by atoms with Crippen LogP contribution in [-0.4, -0.2) is 16.8 Å². The average molecular weight is 407 g/mol. The second kappa shape index (κ2) is 7.20. The van der Waals surface area contributed by atoms with E-state index >= 15 is 0 Å². The topological polar surface area (TPSA) is 46.6 Å². The number of allylic oxidation sites excluding steroid dienone is 1. The first kappa shape index (κ1) is 16.7. The van der Waals surface area contributed by atoms with Crippen molar-refractivity contribution in [3.05, 3.63) is 75.9 Å². The van der Waals surface area contributed by atoms with Crippen molar-refractivity contribution in [2.75, 3.05) is 0 Å². The predicted octanol–water partition coefficient (Wildman–Crippen LogP) is 5.13. The monoisotopic (exact) mass is 405 g/mol. The molecule has 0 N–H and O–H groups in total. The second-order valence-corrected chi connectivity index (χ2v) is 6.65. The van der Waals surface area contributed by atoms with Gasteiger partial charge < -0.3 is 4.74 Å². The van der Waals surface area contributed by atoms with Crippen LogP contribution in [0.25, 0.3) is 0 Å². The molecule has 2 aromatic carbocycles. The minimum absolute atomic E-state index is 0.0557. The minimum atomic E-state index is -0.550. The van der Waals surface area contributed by atoms with Gasteiger partial charge in [-0.1, -0.05) is 45.7 Å².